The smallest absolute Gasteiger partial charge is 0.143 e. The third-order valence-electron chi connectivity index (χ3n) is 6.80. The predicted octanol–water partition coefficient (Wildman–Crippen LogP) is 9.52. The number of para-hydroxylation sites is 1. The highest BCUT2D eigenvalue weighted by Crippen LogP contribution is 2.45. The minimum atomic E-state index is 0.903. The van der Waals surface area contributed by atoms with E-state index in [1.165, 1.54) is 32.0 Å². The number of fused-ring (bicyclic) bond motifs is 9. The first-order valence-corrected chi connectivity index (χ1v) is 11.9. The molecule has 0 radical (unpaired) electrons. The summed E-state index contributed by atoms with van der Waals surface area (Å²) in [5, 5.41) is 11.7. The van der Waals surface area contributed by atoms with Crippen molar-refractivity contribution in [2.45, 2.75) is 0 Å². The van der Waals surface area contributed by atoms with E-state index in [1.807, 2.05) is 18.2 Å². The summed E-state index contributed by atoms with van der Waals surface area (Å²) in [5.41, 5.74) is 5.26. The zero-order valence-corrected chi connectivity index (χ0v) is 18.3. The third-order valence-corrected chi connectivity index (χ3v) is 7.77. The molecule has 0 unspecified atom stereocenters. The van der Waals surface area contributed by atoms with Gasteiger partial charge in [0.15, 0.2) is 0 Å². The van der Waals surface area contributed by atoms with Crippen molar-refractivity contribution in [2.75, 3.05) is 0 Å². The lowest BCUT2D eigenvalue weighted by molar-refractivity contribution is 0.616. The fourth-order valence-electron chi connectivity index (χ4n) is 5.28. The Balaban J connectivity index is 1.63. The van der Waals surface area contributed by atoms with E-state index in [9.17, 15) is 0 Å². The second-order valence-electron chi connectivity index (χ2n) is 8.56. The lowest BCUT2D eigenvalue weighted by Crippen LogP contribution is -1.85. The highest BCUT2D eigenvalue weighted by molar-refractivity contribution is 7.17. The lowest BCUT2D eigenvalue weighted by Gasteiger charge is -2.11. The molecule has 33 heavy (non-hydrogen) atoms. The Bertz CT molecular complexity index is 2030. The topological polar surface area (TPSA) is 26.3 Å². The van der Waals surface area contributed by atoms with Crippen LogP contribution < -0.4 is 0 Å². The van der Waals surface area contributed by atoms with E-state index >= 15 is 0 Å². The van der Waals surface area contributed by atoms with Crippen LogP contribution >= 0.6 is 11.3 Å². The molecule has 0 fully saturated rings. The van der Waals surface area contributed by atoms with Crippen molar-refractivity contribution in [3.63, 3.8) is 0 Å². The fourth-order valence-corrected chi connectivity index (χ4v) is 6.25. The van der Waals surface area contributed by atoms with Crippen LogP contribution in [0.4, 0.5) is 0 Å². The summed E-state index contributed by atoms with van der Waals surface area (Å²) in [6.45, 7) is 0. The average molecular weight is 441 g/mol. The molecule has 0 amide bonds. The van der Waals surface area contributed by atoms with Crippen LogP contribution in [0, 0.1) is 0 Å². The van der Waals surface area contributed by atoms with Gasteiger partial charge in [-0.2, -0.15) is 0 Å². The molecule has 0 aliphatic rings. The largest absolute Gasteiger partial charge is 0.464 e. The minimum Gasteiger partial charge on any atom is -0.464 e. The molecular formula is C30H16O2S. The third kappa shape index (κ3) is 2.32. The first-order chi connectivity index (χ1) is 16.3. The molecule has 154 valence electrons. The van der Waals surface area contributed by atoms with E-state index in [2.05, 4.69) is 72.1 Å². The molecule has 8 aromatic rings. The molecule has 0 atom stereocenters. The van der Waals surface area contributed by atoms with Crippen LogP contribution in [0.5, 0.6) is 0 Å². The lowest BCUT2D eigenvalue weighted by atomic mass is 9.91. The summed E-state index contributed by atoms with van der Waals surface area (Å²) in [6.07, 6.45) is 1.76. The minimum absolute atomic E-state index is 0.903. The molecular weight excluding hydrogens is 424 g/mol. The number of benzene rings is 5. The normalized spacial score (nSPS) is 12.2. The van der Waals surface area contributed by atoms with Crippen molar-refractivity contribution in [3.8, 4) is 11.1 Å². The van der Waals surface area contributed by atoms with Crippen molar-refractivity contribution in [2.24, 2.45) is 0 Å². The van der Waals surface area contributed by atoms with Gasteiger partial charge in [0.25, 0.3) is 0 Å². The van der Waals surface area contributed by atoms with Crippen molar-refractivity contribution < 1.29 is 8.83 Å². The van der Waals surface area contributed by atoms with Crippen molar-refractivity contribution in [1.29, 1.82) is 0 Å². The molecule has 0 N–H and O–H groups in total. The van der Waals surface area contributed by atoms with E-state index in [-0.39, 0.29) is 0 Å². The maximum atomic E-state index is 6.51. The Morgan fingerprint density at radius 2 is 1.42 bits per heavy atom. The molecule has 0 aliphatic carbocycles. The van der Waals surface area contributed by atoms with E-state index in [0.717, 1.165) is 43.7 Å². The van der Waals surface area contributed by atoms with Crippen LogP contribution in [0.2, 0.25) is 0 Å². The van der Waals surface area contributed by atoms with Crippen LogP contribution in [0.25, 0.3) is 75.7 Å². The summed E-state index contributed by atoms with van der Waals surface area (Å²) in [6, 6.07) is 30.1. The van der Waals surface area contributed by atoms with E-state index in [1.54, 1.807) is 17.6 Å². The molecule has 3 aromatic heterocycles. The average Bonchev–Trinajstić information content (AvgIpc) is 3.58. The van der Waals surface area contributed by atoms with Crippen LogP contribution in [0.15, 0.2) is 105 Å². The van der Waals surface area contributed by atoms with Crippen molar-refractivity contribution >= 4 is 75.9 Å². The molecule has 0 saturated carbocycles. The molecule has 2 nitrogen and oxygen atoms in total. The quantitative estimate of drug-likeness (QED) is 0.238. The summed E-state index contributed by atoms with van der Waals surface area (Å²) in [7, 11) is 0. The first kappa shape index (κ1) is 17.5. The van der Waals surface area contributed by atoms with Gasteiger partial charge in [0.1, 0.15) is 16.7 Å². The Morgan fingerprint density at radius 3 is 2.39 bits per heavy atom. The standard InChI is InChI=1S/C30H16O2S/c1-3-7-26-19(5-1)22-10-9-21-24(25-16-33-28-8-4-2-6-20(25)28)14-18-15-27-17(11-12-31-27)13-23(18)29(21)30(22)32-26/h1-16H. The van der Waals surface area contributed by atoms with Gasteiger partial charge in [-0.15, -0.1) is 11.3 Å². The zero-order chi connectivity index (χ0) is 21.5. The van der Waals surface area contributed by atoms with Gasteiger partial charge < -0.3 is 8.83 Å². The Labute approximate surface area is 192 Å². The van der Waals surface area contributed by atoms with Gasteiger partial charge in [-0.1, -0.05) is 42.5 Å². The molecule has 3 heteroatoms. The summed E-state index contributed by atoms with van der Waals surface area (Å²) < 4.78 is 13.6. The van der Waals surface area contributed by atoms with Gasteiger partial charge >= 0.3 is 0 Å². The van der Waals surface area contributed by atoms with Crippen LogP contribution in [-0.4, -0.2) is 0 Å². The zero-order valence-electron chi connectivity index (χ0n) is 17.5. The van der Waals surface area contributed by atoms with E-state index < -0.39 is 0 Å². The van der Waals surface area contributed by atoms with Gasteiger partial charge in [0, 0.05) is 37.2 Å². The van der Waals surface area contributed by atoms with Gasteiger partial charge in [-0.05, 0) is 69.6 Å². The van der Waals surface area contributed by atoms with Gasteiger partial charge in [-0.25, -0.2) is 0 Å². The SMILES string of the molecule is c1ccc2c(c1)oc1c2ccc2c(-c3csc4ccccc34)cc3cc4occc4cc3c21. The van der Waals surface area contributed by atoms with Gasteiger partial charge in [0.2, 0.25) is 0 Å². The molecule has 3 heterocycles. The number of furan rings is 2. The summed E-state index contributed by atoms with van der Waals surface area (Å²) >= 11 is 1.79. The van der Waals surface area contributed by atoms with Crippen LogP contribution in [0.1, 0.15) is 0 Å². The Kier molecular flexibility index (Phi) is 3.31. The van der Waals surface area contributed by atoms with Gasteiger partial charge in [0.05, 0.1) is 6.26 Å². The second kappa shape index (κ2) is 6.25. The van der Waals surface area contributed by atoms with E-state index in [4.69, 9.17) is 8.83 Å². The number of hydrogen-bond donors (Lipinski definition) is 0. The second-order valence-corrected chi connectivity index (χ2v) is 9.48. The molecule has 0 spiro atoms. The van der Waals surface area contributed by atoms with Crippen LogP contribution in [0.3, 0.4) is 0 Å². The summed E-state index contributed by atoms with van der Waals surface area (Å²) in [5.74, 6) is 0. The molecule has 5 aromatic carbocycles. The monoisotopic (exact) mass is 440 g/mol. The number of hydrogen-bond acceptors (Lipinski definition) is 3. The van der Waals surface area contributed by atoms with Gasteiger partial charge in [-0.3, -0.25) is 0 Å². The maximum absolute atomic E-state index is 6.51. The fraction of sp³-hybridized carbons (Fsp3) is 0. The van der Waals surface area contributed by atoms with Crippen molar-refractivity contribution in [1.82, 2.24) is 0 Å². The number of rotatable bonds is 1. The molecule has 0 bridgehead atoms. The molecule has 8 rings (SSSR count). The summed E-state index contributed by atoms with van der Waals surface area (Å²) in [4.78, 5) is 0. The maximum Gasteiger partial charge on any atom is 0.143 e. The highest BCUT2D eigenvalue weighted by atomic mass is 32.1. The predicted molar refractivity (Wildman–Crippen MR) is 139 cm³/mol. The Morgan fingerprint density at radius 1 is 0.576 bits per heavy atom. The number of thiophene rings is 1. The van der Waals surface area contributed by atoms with E-state index in [0.29, 0.717) is 0 Å². The highest BCUT2D eigenvalue weighted by Gasteiger charge is 2.18. The first-order valence-electron chi connectivity index (χ1n) is 11.0. The van der Waals surface area contributed by atoms with Crippen molar-refractivity contribution in [3.05, 3.63) is 96.6 Å². The molecule has 0 saturated heterocycles. The molecule has 0 aliphatic heterocycles. The van der Waals surface area contributed by atoms with Crippen LogP contribution in [-0.2, 0) is 0 Å². The Hall–Kier alpha value is -4.08.